The summed E-state index contributed by atoms with van der Waals surface area (Å²) in [4.78, 5) is 45.5. The molecule has 36 heavy (non-hydrogen) atoms. The van der Waals surface area contributed by atoms with Crippen LogP contribution in [0.4, 0.5) is 5.69 Å². The van der Waals surface area contributed by atoms with Gasteiger partial charge in [0.05, 0.1) is 5.02 Å². The smallest absolute Gasteiger partial charge is 0.255 e. The predicted molar refractivity (Wildman–Crippen MR) is 138 cm³/mol. The van der Waals surface area contributed by atoms with Gasteiger partial charge in [0, 0.05) is 64.3 Å². The van der Waals surface area contributed by atoms with Crippen LogP contribution in [-0.2, 0) is 4.79 Å². The van der Waals surface area contributed by atoms with Gasteiger partial charge in [0.1, 0.15) is 6.04 Å². The zero-order chi connectivity index (χ0) is 25.1. The number of aromatic nitrogens is 3. The minimum absolute atomic E-state index is 0.159. The number of anilines is 1. The van der Waals surface area contributed by atoms with Crippen molar-refractivity contribution in [1.29, 1.82) is 0 Å². The Kier molecular flexibility index (Phi) is 6.34. The first-order valence-corrected chi connectivity index (χ1v) is 11.4. The number of carbonyl (C=O) groups excluding carboxylic acids is 2. The van der Waals surface area contributed by atoms with Crippen molar-refractivity contribution in [2.75, 3.05) is 5.32 Å². The van der Waals surface area contributed by atoms with Crippen LogP contribution in [-0.4, -0.2) is 26.3 Å². The molecule has 5 aromatic rings. The van der Waals surface area contributed by atoms with Crippen LogP contribution in [0.5, 0.6) is 0 Å². The lowest BCUT2D eigenvalue weighted by Gasteiger charge is -2.19. The summed E-state index contributed by atoms with van der Waals surface area (Å²) in [5, 5.41) is 7.00. The highest BCUT2D eigenvalue weighted by atomic mass is 35.5. The normalized spacial score (nSPS) is 11.7. The maximum atomic E-state index is 13.3. The van der Waals surface area contributed by atoms with Gasteiger partial charge >= 0.3 is 0 Å². The van der Waals surface area contributed by atoms with E-state index in [0.29, 0.717) is 33.0 Å². The molecular weight excluding hydrogens is 478 g/mol. The first-order chi connectivity index (χ1) is 17.5. The van der Waals surface area contributed by atoms with Crippen LogP contribution >= 0.6 is 11.6 Å². The van der Waals surface area contributed by atoms with Gasteiger partial charge in [-0.2, -0.15) is 0 Å². The van der Waals surface area contributed by atoms with Gasteiger partial charge in [-0.25, -0.2) is 0 Å². The van der Waals surface area contributed by atoms with Crippen LogP contribution in [0.1, 0.15) is 22.0 Å². The summed E-state index contributed by atoms with van der Waals surface area (Å²) in [5.41, 5.74) is 2.63. The highest BCUT2D eigenvalue weighted by Crippen LogP contribution is 2.24. The monoisotopic (exact) mass is 497 g/mol. The van der Waals surface area contributed by atoms with Crippen LogP contribution in [0.25, 0.3) is 16.6 Å². The number of nitrogens with one attached hydrogen (secondary N) is 3. The molecule has 1 atom stereocenters. The van der Waals surface area contributed by atoms with Crippen molar-refractivity contribution in [2.45, 2.75) is 6.04 Å². The molecule has 3 N–H and O–H groups in total. The van der Waals surface area contributed by atoms with Crippen LogP contribution in [0.3, 0.4) is 0 Å². The number of fused-ring (bicyclic) bond motifs is 1. The van der Waals surface area contributed by atoms with E-state index >= 15 is 0 Å². The molecule has 1 unspecified atom stereocenters. The number of nitrogens with zero attached hydrogens (tertiary/aromatic N) is 2. The van der Waals surface area contributed by atoms with E-state index in [0.717, 1.165) is 5.39 Å². The topological polar surface area (TPSA) is 109 Å². The van der Waals surface area contributed by atoms with Gasteiger partial charge in [-0.1, -0.05) is 29.8 Å². The Labute approximate surface area is 210 Å². The maximum Gasteiger partial charge on any atom is 0.255 e. The Bertz CT molecular complexity index is 1610. The van der Waals surface area contributed by atoms with E-state index in [-0.39, 0.29) is 5.56 Å². The van der Waals surface area contributed by atoms with Gasteiger partial charge in [-0.15, -0.1) is 0 Å². The van der Waals surface area contributed by atoms with Gasteiger partial charge in [-0.05, 0) is 48.5 Å². The third-order valence-electron chi connectivity index (χ3n) is 5.68. The van der Waals surface area contributed by atoms with Crippen molar-refractivity contribution >= 4 is 40.0 Å². The number of carbonyl (C=O) groups is 2. The van der Waals surface area contributed by atoms with Crippen molar-refractivity contribution in [2.24, 2.45) is 0 Å². The molecule has 9 heteroatoms. The Hall–Kier alpha value is -4.69. The predicted octanol–water partition coefficient (Wildman–Crippen LogP) is 4.48. The number of pyridine rings is 2. The lowest BCUT2D eigenvalue weighted by atomic mass is 10.1. The van der Waals surface area contributed by atoms with Gasteiger partial charge in [0.15, 0.2) is 0 Å². The summed E-state index contributed by atoms with van der Waals surface area (Å²) in [6.45, 7) is 0. The Morgan fingerprint density at radius 1 is 1.00 bits per heavy atom. The summed E-state index contributed by atoms with van der Waals surface area (Å²) in [6, 6.07) is 19.3. The lowest BCUT2D eigenvalue weighted by molar-refractivity contribution is -0.118. The van der Waals surface area contributed by atoms with Crippen LogP contribution in [0.2, 0.25) is 5.02 Å². The molecule has 0 bridgehead atoms. The van der Waals surface area contributed by atoms with E-state index in [1.807, 2.05) is 0 Å². The standard InChI is InChI=1S/C27H20ClN5O3/c28-22-16-30-23-14-17(6-11-21(22)23)26(35)32-25(18-4-3-12-29-15-18)27(36)31-19-7-9-20(10-8-19)33-13-2-1-5-24(33)34/h1-16,25,30H,(H,31,36)(H,32,35). The summed E-state index contributed by atoms with van der Waals surface area (Å²) in [6.07, 6.45) is 6.44. The average molecular weight is 498 g/mol. The maximum absolute atomic E-state index is 13.3. The zero-order valence-electron chi connectivity index (χ0n) is 18.8. The quantitative estimate of drug-likeness (QED) is 0.321. The Morgan fingerprint density at radius 2 is 1.83 bits per heavy atom. The SMILES string of the molecule is O=C(NC(C(=O)Nc1ccc(-n2ccccc2=O)cc1)c1cccnc1)c1ccc2c(Cl)c[nH]c2c1. The van der Waals surface area contributed by atoms with E-state index in [2.05, 4.69) is 20.6 Å². The van der Waals surface area contributed by atoms with Crippen molar-refractivity contribution < 1.29 is 9.59 Å². The molecule has 178 valence electrons. The molecule has 0 aliphatic rings. The fourth-order valence-corrected chi connectivity index (χ4v) is 4.07. The van der Waals surface area contributed by atoms with E-state index in [1.165, 1.54) is 16.8 Å². The summed E-state index contributed by atoms with van der Waals surface area (Å²) in [7, 11) is 0. The van der Waals surface area contributed by atoms with Crippen LogP contribution < -0.4 is 16.2 Å². The molecular formula is C27H20ClN5O3. The molecule has 2 aromatic carbocycles. The third-order valence-corrected chi connectivity index (χ3v) is 6.00. The highest BCUT2D eigenvalue weighted by molar-refractivity contribution is 6.35. The highest BCUT2D eigenvalue weighted by Gasteiger charge is 2.24. The molecule has 0 aliphatic heterocycles. The van der Waals surface area contributed by atoms with Crippen molar-refractivity contribution in [3.05, 3.63) is 124 Å². The Morgan fingerprint density at radius 3 is 2.58 bits per heavy atom. The van der Waals surface area contributed by atoms with Crippen molar-refractivity contribution in [3.8, 4) is 5.69 Å². The molecule has 8 nitrogen and oxygen atoms in total. The number of aromatic amines is 1. The zero-order valence-corrected chi connectivity index (χ0v) is 19.6. The molecule has 3 heterocycles. The second-order valence-electron chi connectivity index (χ2n) is 8.03. The van der Waals surface area contributed by atoms with E-state index in [9.17, 15) is 14.4 Å². The third kappa shape index (κ3) is 4.75. The minimum Gasteiger partial charge on any atom is -0.360 e. The Balaban J connectivity index is 1.37. The van der Waals surface area contributed by atoms with Crippen LogP contribution in [0.15, 0.2) is 102 Å². The van der Waals surface area contributed by atoms with Crippen molar-refractivity contribution in [3.63, 3.8) is 0 Å². The summed E-state index contributed by atoms with van der Waals surface area (Å²) in [5.74, 6) is -0.865. The molecule has 0 radical (unpaired) electrons. The molecule has 5 rings (SSSR count). The average Bonchev–Trinajstić information content (AvgIpc) is 3.28. The number of amides is 2. The van der Waals surface area contributed by atoms with E-state index in [1.54, 1.807) is 85.3 Å². The fraction of sp³-hybridized carbons (Fsp3) is 0.0370. The number of hydrogen-bond donors (Lipinski definition) is 3. The number of halogens is 1. The largest absolute Gasteiger partial charge is 0.360 e. The first-order valence-electron chi connectivity index (χ1n) is 11.1. The van der Waals surface area contributed by atoms with Gasteiger partial charge in [0.2, 0.25) is 0 Å². The van der Waals surface area contributed by atoms with E-state index in [4.69, 9.17) is 11.6 Å². The second-order valence-corrected chi connectivity index (χ2v) is 8.44. The molecule has 0 saturated carbocycles. The van der Waals surface area contributed by atoms with Gasteiger partial charge < -0.3 is 15.6 Å². The number of H-pyrrole nitrogens is 1. The molecule has 2 amide bonds. The van der Waals surface area contributed by atoms with Gasteiger partial charge in [0.25, 0.3) is 17.4 Å². The lowest BCUT2D eigenvalue weighted by Crippen LogP contribution is -2.37. The summed E-state index contributed by atoms with van der Waals surface area (Å²) >= 11 is 6.13. The first kappa shape index (κ1) is 23.1. The molecule has 0 aliphatic carbocycles. The molecule has 0 fully saturated rings. The minimum atomic E-state index is -0.995. The molecule has 3 aromatic heterocycles. The molecule has 0 spiro atoms. The van der Waals surface area contributed by atoms with E-state index < -0.39 is 17.9 Å². The second kappa shape index (κ2) is 9.89. The number of benzene rings is 2. The number of hydrogen-bond acceptors (Lipinski definition) is 4. The molecule has 0 saturated heterocycles. The van der Waals surface area contributed by atoms with Crippen LogP contribution in [0, 0.1) is 0 Å². The summed E-state index contributed by atoms with van der Waals surface area (Å²) < 4.78 is 1.50. The van der Waals surface area contributed by atoms with Gasteiger partial charge in [-0.3, -0.25) is 23.9 Å². The van der Waals surface area contributed by atoms with Crippen molar-refractivity contribution in [1.82, 2.24) is 19.9 Å². The fourth-order valence-electron chi connectivity index (χ4n) is 3.85. The number of rotatable bonds is 6.